The predicted molar refractivity (Wildman–Crippen MR) is 62.8 cm³/mol. The molecule has 2 aromatic carbocycles. The van der Waals surface area contributed by atoms with Crippen LogP contribution in [0.5, 0.6) is 0 Å². The summed E-state index contributed by atoms with van der Waals surface area (Å²) in [5.41, 5.74) is 0.197. The SMILES string of the molecule is OCc1c(-c2ccccc2)cccc1C(F)(F)F. The number of halogens is 3. The van der Waals surface area contributed by atoms with E-state index in [1.807, 2.05) is 0 Å². The third-order valence-corrected chi connectivity index (χ3v) is 2.72. The Balaban J connectivity index is 2.63. The average molecular weight is 252 g/mol. The Labute approximate surface area is 103 Å². The van der Waals surface area contributed by atoms with Gasteiger partial charge in [0.25, 0.3) is 0 Å². The second-order valence-corrected chi connectivity index (χ2v) is 3.85. The molecule has 0 saturated carbocycles. The maximum atomic E-state index is 12.8. The quantitative estimate of drug-likeness (QED) is 0.860. The highest BCUT2D eigenvalue weighted by Crippen LogP contribution is 2.36. The third-order valence-electron chi connectivity index (χ3n) is 2.72. The van der Waals surface area contributed by atoms with Gasteiger partial charge in [0.2, 0.25) is 0 Å². The minimum atomic E-state index is -4.46. The minimum Gasteiger partial charge on any atom is -0.392 e. The fraction of sp³-hybridized carbons (Fsp3) is 0.143. The molecule has 0 atom stereocenters. The minimum absolute atomic E-state index is 0.0869. The Kier molecular flexibility index (Phi) is 3.39. The van der Waals surface area contributed by atoms with Gasteiger partial charge < -0.3 is 5.11 Å². The second-order valence-electron chi connectivity index (χ2n) is 3.85. The van der Waals surface area contributed by atoms with Gasteiger partial charge >= 0.3 is 6.18 Å². The molecular weight excluding hydrogens is 241 g/mol. The first-order valence-corrected chi connectivity index (χ1v) is 5.39. The Morgan fingerprint density at radius 2 is 1.56 bits per heavy atom. The topological polar surface area (TPSA) is 20.2 Å². The van der Waals surface area contributed by atoms with Gasteiger partial charge in [0, 0.05) is 0 Å². The molecule has 94 valence electrons. The van der Waals surface area contributed by atoms with Crippen molar-refractivity contribution in [3.63, 3.8) is 0 Å². The summed E-state index contributed by atoms with van der Waals surface area (Å²) in [6, 6.07) is 12.6. The van der Waals surface area contributed by atoms with Crippen LogP contribution in [0.4, 0.5) is 13.2 Å². The molecular formula is C14H11F3O. The van der Waals surface area contributed by atoms with Crippen LogP contribution < -0.4 is 0 Å². The first-order valence-electron chi connectivity index (χ1n) is 5.39. The van der Waals surface area contributed by atoms with Crippen molar-refractivity contribution in [3.05, 3.63) is 59.7 Å². The van der Waals surface area contributed by atoms with Crippen LogP contribution in [0.1, 0.15) is 11.1 Å². The van der Waals surface area contributed by atoms with Gasteiger partial charge in [-0.1, -0.05) is 42.5 Å². The number of aliphatic hydroxyl groups is 1. The number of hydrogen-bond acceptors (Lipinski definition) is 1. The molecule has 2 rings (SSSR count). The molecule has 18 heavy (non-hydrogen) atoms. The summed E-state index contributed by atoms with van der Waals surface area (Å²) < 4.78 is 38.5. The molecule has 0 aliphatic carbocycles. The smallest absolute Gasteiger partial charge is 0.392 e. The molecule has 0 saturated heterocycles. The summed E-state index contributed by atoms with van der Waals surface area (Å²) in [7, 11) is 0. The maximum Gasteiger partial charge on any atom is 0.416 e. The molecule has 0 unspecified atom stereocenters. The molecule has 0 heterocycles. The molecule has 0 bridgehead atoms. The molecule has 0 spiro atoms. The summed E-state index contributed by atoms with van der Waals surface area (Å²) in [5.74, 6) is 0. The van der Waals surface area contributed by atoms with Crippen molar-refractivity contribution in [2.75, 3.05) is 0 Å². The molecule has 4 heteroatoms. The summed E-state index contributed by atoms with van der Waals surface area (Å²) in [6.45, 7) is -0.639. The van der Waals surface area contributed by atoms with Crippen LogP contribution in [-0.2, 0) is 12.8 Å². The van der Waals surface area contributed by atoms with Gasteiger partial charge in [-0.25, -0.2) is 0 Å². The summed E-state index contributed by atoms with van der Waals surface area (Å²) in [4.78, 5) is 0. The summed E-state index contributed by atoms with van der Waals surface area (Å²) >= 11 is 0. The van der Waals surface area contributed by atoms with Crippen LogP contribution in [0, 0.1) is 0 Å². The molecule has 0 amide bonds. The molecule has 0 aliphatic heterocycles. The number of rotatable bonds is 2. The zero-order valence-corrected chi connectivity index (χ0v) is 9.41. The third kappa shape index (κ3) is 2.38. The molecule has 0 fully saturated rings. The zero-order chi connectivity index (χ0) is 13.2. The lowest BCUT2D eigenvalue weighted by molar-refractivity contribution is -0.138. The lowest BCUT2D eigenvalue weighted by Gasteiger charge is -2.15. The van der Waals surface area contributed by atoms with Crippen LogP contribution in [-0.4, -0.2) is 5.11 Å². The van der Waals surface area contributed by atoms with Crippen LogP contribution in [0.15, 0.2) is 48.5 Å². The van der Waals surface area contributed by atoms with Crippen molar-refractivity contribution in [2.24, 2.45) is 0 Å². The maximum absolute atomic E-state index is 12.8. The number of aliphatic hydroxyl groups excluding tert-OH is 1. The van der Waals surface area contributed by atoms with E-state index in [1.54, 1.807) is 36.4 Å². The fourth-order valence-corrected chi connectivity index (χ4v) is 1.91. The molecule has 0 radical (unpaired) electrons. The number of hydrogen-bond donors (Lipinski definition) is 1. The van der Waals surface area contributed by atoms with E-state index in [1.165, 1.54) is 6.07 Å². The average Bonchev–Trinajstić information content (AvgIpc) is 2.37. The van der Waals surface area contributed by atoms with E-state index in [4.69, 9.17) is 0 Å². The van der Waals surface area contributed by atoms with Gasteiger partial charge in [0.05, 0.1) is 12.2 Å². The lowest BCUT2D eigenvalue weighted by Crippen LogP contribution is -2.10. The second kappa shape index (κ2) is 4.82. The van der Waals surface area contributed by atoms with Crippen molar-refractivity contribution >= 4 is 0 Å². The normalized spacial score (nSPS) is 11.6. The molecule has 0 aromatic heterocycles. The van der Waals surface area contributed by atoms with Gasteiger partial charge in [0.15, 0.2) is 0 Å². The monoisotopic (exact) mass is 252 g/mol. The molecule has 1 nitrogen and oxygen atoms in total. The molecule has 2 aromatic rings. The Morgan fingerprint density at radius 3 is 2.11 bits per heavy atom. The van der Waals surface area contributed by atoms with Gasteiger partial charge in [-0.3, -0.25) is 0 Å². The summed E-state index contributed by atoms with van der Waals surface area (Å²) in [6.07, 6.45) is -4.46. The lowest BCUT2D eigenvalue weighted by atomic mass is 9.95. The number of benzene rings is 2. The molecule has 0 aliphatic rings. The van der Waals surface area contributed by atoms with Crippen molar-refractivity contribution in [3.8, 4) is 11.1 Å². The van der Waals surface area contributed by atoms with Crippen molar-refractivity contribution in [2.45, 2.75) is 12.8 Å². The van der Waals surface area contributed by atoms with E-state index >= 15 is 0 Å². The van der Waals surface area contributed by atoms with Crippen LogP contribution in [0.2, 0.25) is 0 Å². The predicted octanol–water partition coefficient (Wildman–Crippen LogP) is 3.86. The Bertz CT molecular complexity index is 532. The highest BCUT2D eigenvalue weighted by Gasteiger charge is 2.33. The highest BCUT2D eigenvalue weighted by molar-refractivity contribution is 5.68. The van der Waals surface area contributed by atoms with Gasteiger partial charge in [-0.05, 0) is 22.8 Å². The first kappa shape index (κ1) is 12.6. The Hall–Kier alpha value is -1.81. The van der Waals surface area contributed by atoms with Crippen molar-refractivity contribution < 1.29 is 18.3 Å². The Morgan fingerprint density at radius 1 is 0.889 bits per heavy atom. The van der Waals surface area contributed by atoms with Crippen molar-refractivity contribution in [1.29, 1.82) is 0 Å². The fourth-order valence-electron chi connectivity index (χ4n) is 1.91. The first-order chi connectivity index (χ1) is 8.54. The largest absolute Gasteiger partial charge is 0.416 e. The van der Waals surface area contributed by atoms with E-state index in [-0.39, 0.29) is 5.56 Å². The van der Waals surface area contributed by atoms with Crippen LogP contribution in [0.3, 0.4) is 0 Å². The highest BCUT2D eigenvalue weighted by atomic mass is 19.4. The zero-order valence-electron chi connectivity index (χ0n) is 9.41. The number of alkyl halides is 3. The van der Waals surface area contributed by atoms with E-state index in [0.29, 0.717) is 11.1 Å². The summed E-state index contributed by atoms with van der Waals surface area (Å²) in [5, 5.41) is 9.22. The molecule has 1 N–H and O–H groups in total. The van der Waals surface area contributed by atoms with Crippen molar-refractivity contribution in [1.82, 2.24) is 0 Å². The van der Waals surface area contributed by atoms with E-state index in [9.17, 15) is 18.3 Å². The van der Waals surface area contributed by atoms with Crippen LogP contribution in [0.25, 0.3) is 11.1 Å². The van der Waals surface area contributed by atoms with Crippen LogP contribution >= 0.6 is 0 Å². The van der Waals surface area contributed by atoms with Gasteiger partial charge in [0.1, 0.15) is 0 Å². The van der Waals surface area contributed by atoms with E-state index in [0.717, 1.165) is 6.07 Å². The van der Waals surface area contributed by atoms with Gasteiger partial charge in [-0.2, -0.15) is 13.2 Å². The van der Waals surface area contributed by atoms with E-state index in [2.05, 4.69) is 0 Å². The standard InChI is InChI=1S/C14H11F3O/c15-14(16,17)13-8-4-7-11(12(13)9-18)10-5-2-1-3-6-10/h1-8,18H,9H2. The van der Waals surface area contributed by atoms with E-state index < -0.39 is 18.3 Å². The van der Waals surface area contributed by atoms with Gasteiger partial charge in [-0.15, -0.1) is 0 Å².